The van der Waals surface area contributed by atoms with Gasteiger partial charge in [0, 0.05) is 11.8 Å². The molecule has 0 bridgehead atoms. The van der Waals surface area contributed by atoms with Gasteiger partial charge in [-0.25, -0.2) is 4.68 Å². The van der Waals surface area contributed by atoms with Crippen LogP contribution in [-0.4, -0.2) is 21.4 Å². The van der Waals surface area contributed by atoms with E-state index in [9.17, 15) is 0 Å². The molecule has 0 spiro atoms. The molecule has 1 heterocycles. The smallest absolute Gasteiger partial charge is 0.0712 e. The molecule has 0 radical (unpaired) electrons. The van der Waals surface area contributed by atoms with E-state index in [2.05, 4.69) is 5.10 Å². The Morgan fingerprint density at radius 3 is 3.00 bits per heavy atom. The molecule has 1 rings (SSSR count). The zero-order valence-electron chi connectivity index (χ0n) is 8.93. The first-order valence-electron chi connectivity index (χ1n) is 4.99. The number of nitrogens with two attached hydrogens (primary N) is 1. The highest BCUT2D eigenvalue weighted by atomic mass is 16.3. The molecule has 0 fully saturated rings. The summed E-state index contributed by atoms with van der Waals surface area (Å²) in [5, 5.41) is 13.1. The summed E-state index contributed by atoms with van der Waals surface area (Å²) < 4.78 is 1.73. The molecule has 0 saturated heterocycles. The van der Waals surface area contributed by atoms with Gasteiger partial charge in [-0.3, -0.25) is 0 Å². The molecule has 0 aliphatic carbocycles. The van der Waals surface area contributed by atoms with Crippen molar-refractivity contribution in [3.8, 4) is 0 Å². The number of aliphatic hydroxyl groups is 1. The van der Waals surface area contributed by atoms with Gasteiger partial charge in [-0.05, 0) is 26.0 Å². The summed E-state index contributed by atoms with van der Waals surface area (Å²) in [6.45, 7) is 2.61. The van der Waals surface area contributed by atoms with Crippen LogP contribution in [0.5, 0.6) is 0 Å². The molecule has 0 aliphatic rings. The molecule has 0 unspecified atom stereocenters. The molecule has 82 valence electrons. The largest absolute Gasteiger partial charge is 0.392 e. The summed E-state index contributed by atoms with van der Waals surface area (Å²) >= 11 is 0. The highest BCUT2D eigenvalue weighted by molar-refractivity contribution is 5.55. The van der Waals surface area contributed by atoms with Crippen LogP contribution >= 0.6 is 0 Å². The van der Waals surface area contributed by atoms with Crippen molar-refractivity contribution < 1.29 is 5.11 Å². The van der Waals surface area contributed by atoms with Gasteiger partial charge in [0.1, 0.15) is 0 Å². The monoisotopic (exact) mass is 207 g/mol. The number of allylic oxidation sites excluding steroid dienone is 3. The molecule has 4 nitrogen and oxygen atoms in total. The van der Waals surface area contributed by atoms with Gasteiger partial charge in [0.25, 0.3) is 0 Å². The van der Waals surface area contributed by atoms with Gasteiger partial charge in [-0.2, -0.15) is 5.10 Å². The van der Waals surface area contributed by atoms with Crippen molar-refractivity contribution in [3.63, 3.8) is 0 Å². The third-order valence-electron chi connectivity index (χ3n) is 2.00. The van der Waals surface area contributed by atoms with Crippen LogP contribution in [0.1, 0.15) is 18.9 Å². The summed E-state index contributed by atoms with van der Waals surface area (Å²) in [4.78, 5) is 0. The lowest BCUT2D eigenvalue weighted by Gasteiger charge is -2.00. The van der Waals surface area contributed by atoms with Crippen LogP contribution in [-0.2, 0) is 6.61 Å². The Hall–Kier alpha value is -1.39. The van der Waals surface area contributed by atoms with Gasteiger partial charge in [0.2, 0.25) is 0 Å². The molecule has 0 saturated carbocycles. The van der Waals surface area contributed by atoms with E-state index in [0.29, 0.717) is 6.54 Å². The van der Waals surface area contributed by atoms with E-state index in [1.54, 1.807) is 10.9 Å². The van der Waals surface area contributed by atoms with Crippen LogP contribution in [0.15, 0.2) is 30.6 Å². The predicted octanol–water partition coefficient (Wildman–Crippen LogP) is 1.14. The molecule has 0 atom stereocenters. The molecular formula is C11H17N3O. The SMILES string of the molecule is C/C=C(\C=C/CCN)n1cc(CO)cn1. The molecule has 15 heavy (non-hydrogen) atoms. The highest BCUT2D eigenvalue weighted by Gasteiger charge is 1.98. The molecule has 0 aliphatic heterocycles. The zero-order chi connectivity index (χ0) is 11.1. The lowest BCUT2D eigenvalue weighted by Crippen LogP contribution is -1.97. The highest BCUT2D eigenvalue weighted by Crippen LogP contribution is 2.07. The van der Waals surface area contributed by atoms with E-state index in [0.717, 1.165) is 17.7 Å². The fraction of sp³-hybridized carbons (Fsp3) is 0.364. The predicted molar refractivity (Wildman–Crippen MR) is 60.9 cm³/mol. The van der Waals surface area contributed by atoms with Crippen LogP contribution in [0.4, 0.5) is 0 Å². The minimum atomic E-state index is 0.0174. The number of hydrogen-bond donors (Lipinski definition) is 2. The van der Waals surface area contributed by atoms with Crippen molar-refractivity contribution in [1.82, 2.24) is 9.78 Å². The fourth-order valence-electron chi connectivity index (χ4n) is 1.19. The standard InChI is InChI=1S/C11H17N3O/c1-2-11(5-3-4-6-12)14-8-10(9-15)7-13-14/h2-3,5,7-8,15H,4,6,9,12H2,1H3/b5-3-,11-2+. The van der Waals surface area contributed by atoms with Gasteiger partial charge >= 0.3 is 0 Å². The zero-order valence-corrected chi connectivity index (χ0v) is 8.93. The van der Waals surface area contributed by atoms with E-state index in [1.807, 2.05) is 31.3 Å². The number of nitrogens with zero attached hydrogens (tertiary/aromatic N) is 2. The van der Waals surface area contributed by atoms with E-state index >= 15 is 0 Å². The average Bonchev–Trinajstić information content (AvgIpc) is 2.73. The van der Waals surface area contributed by atoms with Crippen molar-refractivity contribution in [2.75, 3.05) is 6.54 Å². The minimum absolute atomic E-state index is 0.0174. The van der Waals surface area contributed by atoms with Crippen LogP contribution in [0.3, 0.4) is 0 Å². The Labute approximate surface area is 89.7 Å². The summed E-state index contributed by atoms with van der Waals surface area (Å²) in [5.74, 6) is 0. The number of rotatable bonds is 5. The molecule has 3 N–H and O–H groups in total. The quantitative estimate of drug-likeness (QED) is 0.712. The Morgan fingerprint density at radius 2 is 2.47 bits per heavy atom. The second kappa shape index (κ2) is 6.16. The van der Waals surface area contributed by atoms with Gasteiger partial charge in [0.15, 0.2) is 0 Å². The Morgan fingerprint density at radius 1 is 1.67 bits per heavy atom. The summed E-state index contributed by atoms with van der Waals surface area (Å²) in [6.07, 6.45) is 10.3. The Bertz CT molecular complexity index is 352. The second-order valence-electron chi connectivity index (χ2n) is 3.14. The first kappa shape index (κ1) is 11.7. The normalized spacial score (nSPS) is 12.6. The number of aliphatic hydroxyl groups excluding tert-OH is 1. The second-order valence-corrected chi connectivity index (χ2v) is 3.14. The first-order chi connectivity index (χ1) is 7.31. The van der Waals surface area contributed by atoms with Gasteiger partial charge in [-0.15, -0.1) is 0 Å². The van der Waals surface area contributed by atoms with E-state index in [1.165, 1.54) is 0 Å². The molecule has 1 aromatic rings. The van der Waals surface area contributed by atoms with E-state index < -0.39 is 0 Å². The molecule has 0 aromatic carbocycles. The van der Waals surface area contributed by atoms with E-state index in [4.69, 9.17) is 10.8 Å². The summed E-state index contributed by atoms with van der Waals surface area (Å²) in [7, 11) is 0. The minimum Gasteiger partial charge on any atom is -0.392 e. The Kier molecular flexibility index (Phi) is 4.80. The van der Waals surface area contributed by atoms with Crippen molar-refractivity contribution in [3.05, 3.63) is 36.2 Å². The van der Waals surface area contributed by atoms with Crippen LogP contribution in [0.2, 0.25) is 0 Å². The third kappa shape index (κ3) is 3.34. The molecule has 4 heteroatoms. The van der Waals surface area contributed by atoms with Crippen molar-refractivity contribution in [2.45, 2.75) is 20.0 Å². The first-order valence-corrected chi connectivity index (χ1v) is 4.99. The van der Waals surface area contributed by atoms with Crippen LogP contribution < -0.4 is 5.73 Å². The van der Waals surface area contributed by atoms with Crippen LogP contribution in [0, 0.1) is 0 Å². The number of hydrogen-bond acceptors (Lipinski definition) is 3. The topological polar surface area (TPSA) is 64.1 Å². The van der Waals surface area contributed by atoms with E-state index in [-0.39, 0.29) is 6.61 Å². The van der Waals surface area contributed by atoms with Crippen molar-refractivity contribution in [2.24, 2.45) is 5.73 Å². The van der Waals surface area contributed by atoms with Gasteiger partial charge < -0.3 is 10.8 Å². The maximum atomic E-state index is 8.91. The fourth-order valence-corrected chi connectivity index (χ4v) is 1.19. The lowest BCUT2D eigenvalue weighted by atomic mass is 10.3. The third-order valence-corrected chi connectivity index (χ3v) is 2.00. The van der Waals surface area contributed by atoms with Gasteiger partial charge in [0.05, 0.1) is 18.5 Å². The van der Waals surface area contributed by atoms with Crippen LogP contribution in [0.25, 0.3) is 5.70 Å². The maximum Gasteiger partial charge on any atom is 0.0712 e. The Balaban J connectivity index is 2.75. The molecule has 1 aromatic heterocycles. The molecular weight excluding hydrogens is 190 g/mol. The summed E-state index contributed by atoms with van der Waals surface area (Å²) in [6, 6.07) is 0. The average molecular weight is 207 g/mol. The van der Waals surface area contributed by atoms with Gasteiger partial charge in [-0.1, -0.05) is 12.2 Å². The van der Waals surface area contributed by atoms with Crippen molar-refractivity contribution >= 4 is 5.70 Å². The maximum absolute atomic E-state index is 8.91. The number of aromatic nitrogens is 2. The van der Waals surface area contributed by atoms with Crippen molar-refractivity contribution in [1.29, 1.82) is 0 Å². The molecule has 0 amide bonds. The lowest BCUT2D eigenvalue weighted by molar-refractivity contribution is 0.282. The summed E-state index contributed by atoms with van der Waals surface area (Å²) in [5.41, 5.74) is 7.18.